The summed E-state index contributed by atoms with van der Waals surface area (Å²) in [4.78, 5) is 11.3. The lowest BCUT2D eigenvalue weighted by molar-refractivity contribution is 0.0342. The highest BCUT2D eigenvalue weighted by molar-refractivity contribution is 6.32. The maximum atomic E-state index is 6.39. The van der Waals surface area contributed by atoms with Crippen LogP contribution in [0.25, 0.3) is 6.08 Å². The molecule has 0 atom stereocenters. The number of nitrogen functional groups attached to an aromatic ring is 1. The summed E-state index contributed by atoms with van der Waals surface area (Å²) in [5.74, 6) is 1.00. The van der Waals surface area contributed by atoms with E-state index in [-0.39, 0.29) is 0 Å². The van der Waals surface area contributed by atoms with Gasteiger partial charge in [0.1, 0.15) is 5.02 Å². The van der Waals surface area contributed by atoms with Crippen molar-refractivity contribution in [3.05, 3.63) is 70.4 Å². The highest BCUT2D eigenvalue weighted by Crippen LogP contribution is 2.28. The molecule has 3 aromatic rings. The molecule has 170 valence electrons. The lowest BCUT2D eigenvalue weighted by atomic mass is 9.97. The fourth-order valence-corrected chi connectivity index (χ4v) is 4.33. The second-order valence-corrected chi connectivity index (χ2v) is 8.75. The molecule has 4 N–H and O–H groups in total. The lowest BCUT2D eigenvalue weighted by Gasteiger charge is -2.26. The van der Waals surface area contributed by atoms with Crippen molar-refractivity contribution in [1.29, 1.82) is 0 Å². The van der Waals surface area contributed by atoms with Crippen molar-refractivity contribution >= 4 is 46.5 Å². The normalized spacial score (nSPS) is 15.8. The molecule has 0 bridgehead atoms. The van der Waals surface area contributed by atoms with Crippen molar-refractivity contribution in [2.75, 3.05) is 42.7 Å². The molecule has 5 rings (SSSR count). The zero-order valence-electron chi connectivity index (χ0n) is 18.4. The van der Waals surface area contributed by atoms with Crippen LogP contribution in [0, 0.1) is 0 Å². The van der Waals surface area contributed by atoms with Crippen molar-refractivity contribution in [1.82, 2.24) is 14.9 Å². The van der Waals surface area contributed by atoms with Crippen LogP contribution in [0.4, 0.5) is 28.8 Å². The standard InChI is InChI=1S/C25H27ClN6O/c26-23-15-28-25(31-24(23)29-21-6-5-18-3-1-2-4-19(18)13-21)30-22-12-17(11-20(27)14-22)16-32-7-9-33-10-8-32/h1,3,5-6,11-15H,2,4,7-10,16,27H2,(H2,28,29,30,31). The number of hydrogen-bond acceptors (Lipinski definition) is 7. The summed E-state index contributed by atoms with van der Waals surface area (Å²) < 4.78 is 5.44. The fraction of sp³-hybridized carbons (Fsp3) is 0.280. The Morgan fingerprint density at radius 3 is 2.82 bits per heavy atom. The molecule has 1 aliphatic carbocycles. The van der Waals surface area contributed by atoms with E-state index in [2.05, 4.69) is 55.9 Å². The number of nitrogens with zero attached hydrogens (tertiary/aromatic N) is 3. The second kappa shape index (κ2) is 9.79. The minimum atomic E-state index is 0.450. The van der Waals surface area contributed by atoms with Gasteiger partial charge < -0.3 is 21.1 Å². The van der Waals surface area contributed by atoms with Crippen LogP contribution in [0.2, 0.25) is 5.02 Å². The van der Waals surface area contributed by atoms with Crippen LogP contribution in [-0.2, 0) is 17.7 Å². The Morgan fingerprint density at radius 1 is 1.06 bits per heavy atom. The van der Waals surface area contributed by atoms with Gasteiger partial charge in [0.15, 0.2) is 5.82 Å². The molecule has 1 fully saturated rings. The Kier molecular flexibility index (Phi) is 6.44. The van der Waals surface area contributed by atoms with E-state index >= 15 is 0 Å². The van der Waals surface area contributed by atoms with Crippen LogP contribution < -0.4 is 16.4 Å². The number of hydrogen-bond donors (Lipinski definition) is 3. The number of fused-ring (bicyclic) bond motifs is 1. The average molecular weight is 463 g/mol. The van der Waals surface area contributed by atoms with E-state index in [1.165, 1.54) is 11.1 Å². The molecular formula is C25H27ClN6O. The monoisotopic (exact) mass is 462 g/mol. The first kappa shape index (κ1) is 21.7. The zero-order chi connectivity index (χ0) is 22.6. The Bertz CT molecular complexity index is 1180. The van der Waals surface area contributed by atoms with Gasteiger partial charge in [0, 0.05) is 36.7 Å². The Hall–Kier alpha value is -3.13. The highest BCUT2D eigenvalue weighted by atomic mass is 35.5. The number of morpholine rings is 1. The molecule has 0 unspecified atom stereocenters. The molecule has 7 nitrogen and oxygen atoms in total. The van der Waals surface area contributed by atoms with Crippen LogP contribution in [0.5, 0.6) is 0 Å². The number of halogens is 1. The number of anilines is 5. The fourth-order valence-electron chi connectivity index (χ4n) is 4.19. The van der Waals surface area contributed by atoms with Gasteiger partial charge in [-0.05, 0) is 59.9 Å². The van der Waals surface area contributed by atoms with Crippen molar-refractivity contribution < 1.29 is 4.74 Å². The number of rotatable bonds is 6. The van der Waals surface area contributed by atoms with Crippen molar-refractivity contribution in [2.45, 2.75) is 19.4 Å². The molecule has 2 heterocycles. The van der Waals surface area contributed by atoms with Crippen molar-refractivity contribution in [3.8, 4) is 0 Å². The number of ether oxygens (including phenoxy) is 1. The number of aryl methyl sites for hydroxylation is 1. The maximum Gasteiger partial charge on any atom is 0.229 e. The van der Waals surface area contributed by atoms with Gasteiger partial charge in [0.25, 0.3) is 0 Å². The van der Waals surface area contributed by atoms with Crippen molar-refractivity contribution in [2.24, 2.45) is 0 Å². The van der Waals surface area contributed by atoms with E-state index in [4.69, 9.17) is 22.1 Å². The number of allylic oxidation sites excluding steroid dienone is 1. The molecule has 2 aliphatic rings. The number of nitrogens with one attached hydrogen (secondary N) is 2. The van der Waals surface area contributed by atoms with Crippen LogP contribution in [0.15, 0.2) is 48.7 Å². The van der Waals surface area contributed by atoms with Gasteiger partial charge in [-0.2, -0.15) is 4.98 Å². The van der Waals surface area contributed by atoms with Crippen LogP contribution >= 0.6 is 11.6 Å². The third-order valence-corrected chi connectivity index (χ3v) is 6.09. The average Bonchev–Trinajstić information content (AvgIpc) is 2.81. The van der Waals surface area contributed by atoms with Crippen LogP contribution in [0.3, 0.4) is 0 Å². The van der Waals surface area contributed by atoms with E-state index < -0.39 is 0 Å². The van der Waals surface area contributed by atoms with E-state index in [0.717, 1.165) is 62.6 Å². The maximum absolute atomic E-state index is 6.39. The SMILES string of the molecule is Nc1cc(CN2CCOCC2)cc(Nc2ncc(Cl)c(Nc3ccc4c(c3)CCC=C4)n2)c1. The summed E-state index contributed by atoms with van der Waals surface area (Å²) in [5, 5.41) is 7.06. The van der Waals surface area contributed by atoms with Gasteiger partial charge >= 0.3 is 0 Å². The summed E-state index contributed by atoms with van der Waals surface area (Å²) in [6, 6.07) is 12.3. The predicted octanol–water partition coefficient (Wildman–Crippen LogP) is 4.99. The molecule has 0 radical (unpaired) electrons. The van der Waals surface area contributed by atoms with E-state index in [0.29, 0.717) is 22.5 Å². The Labute approximate surface area is 198 Å². The summed E-state index contributed by atoms with van der Waals surface area (Å²) in [5.41, 5.74) is 12.4. The summed E-state index contributed by atoms with van der Waals surface area (Å²) in [6.45, 7) is 4.20. The minimum Gasteiger partial charge on any atom is -0.399 e. The Morgan fingerprint density at radius 2 is 1.94 bits per heavy atom. The summed E-state index contributed by atoms with van der Waals surface area (Å²) >= 11 is 6.39. The molecular weight excluding hydrogens is 436 g/mol. The first-order chi connectivity index (χ1) is 16.1. The van der Waals surface area contributed by atoms with Gasteiger partial charge in [-0.1, -0.05) is 29.8 Å². The molecule has 2 aromatic carbocycles. The molecule has 1 aromatic heterocycles. The van der Waals surface area contributed by atoms with E-state index in [1.54, 1.807) is 6.20 Å². The largest absolute Gasteiger partial charge is 0.399 e. The second-order valence-electron chi connectivity index (χ2n) is 8.35. The third kappa shape index (κ3) is 5.45. The molecule has 1 saturated heterocycles. The molecule has 8 heteroatoms. The molecule has 1 aliphatic heterocycles. The summed E-state index contributed by atoms with van der Waals surface area (Å²) in [6.07, 6.45) is 8.07. The molecule has 0 saturated carbocycles. The number of nitrogens with two attached hydrogens (primary N) is 1. The van der Waals surface area contributed by atoms with Gasteiger partial charge in [-0.25, -0.2) is 4.98 Å². The summed E-state index contributed by atoms with van der Waals surface area (Å²) in [7, 11) is 0. The van der Waals surface area contributed by atoms with Gasteiger partial charge in [0.2, 0.25) is 5.95 Å². The first-order valence-corrected chi connectivity index (χ1v) is 11.6. The third-order valence-electron chi connectivity index (χ3n) is 5.81. The highest BCUT2D eigenvalue weighted by Gasteiger charge is 2.13. The van der Waals surface area contributed by atoms with E-state index in [1.807, 2.05) is 18.2 Å². The first-order valence-electron chi connectivity index (χ1n) is 11.2. The lowest BCUT2D eigenvalue weighted by Crippen LogP contribution is -2.35. The molecule has 33 heavy (non-hydrogen) atoms. The molecule has 0 amide bonds. The van der Waals surface area contributed by atoms with Gasteiger partial charge in [-0.3, -0.25) is 4.90 Å². The van der Waals surface area contributed by atoms with Crippen molar-refractivity contribution in [3.63, 3.8) is 0 Å². The van der Waals surface area contributed by atoms with E-state index in [9.17, 15) is 0 Å². The van der Waals surface area contributed by atoms with Crippen LogP contribution in [-0.4, -0.2) is 41.2 Å². The topological polar surface area (TPSA) is 88.3 Å². The number of benzene rings is 2. The quantitative estimate of drug-likeness (QED) is 0.444. The predicted molar refractivity (Wildman–Crippen MR) is 134 cm³/mol. The molecule has 0 spiro atoms. The van der Waals surface area contributed by atoms with Crippen LogP contribution in [0.1, 0.15) is 23.1 Å². The zero-order valence-corrected chi connectivity index (χ0v) is 19.1. The Balaban J connectivity index is 1.32. The van der Waals surface area contributed by atoms with Gasteiger partial charge in [0.05, 0.1) is 19.4 Å². The minimum absolute atomic E-state index is 0.450. The smallest absolute Gasteiger partial charge is 0.229 e. The van der Waals surface area contributed by atoms with Gasteiger partial charge in [-0.15, -0.1) is 0 Å². The number of aromatic nitrogens is 2.